The number of methoxy groups -OCH3 is 1. The quantitative estimate of drug-likeness (QED) is 0.507. The van der Waals surface area contributed by atoms with Crippen LogP contribution in [0.15, 0.2) is 40.3 Å². The third-order valence-corrected chi connectivity index (χ3v) is 7.57. The second-order valence-corrected chi connectivity index (χ2v) is 10.2. The molecule has 0 amide bonds. The summed E-state index contributed by atoms with van der Waals surface area (Å²) >= 11 is 0. The van der Waals surface area contributed by atoms with Gasteiger partial charge in [-0.1, -0.05) is 43.2 Å². The van der Waals surface area contributed by atoms with Crippen LogP contribution in [0.1, 0.15) is 51.5 Å². The summed E-state index contributed by atoms with van der Waals surface area (Å²) in [6.07, 6.45) is 7.12. The molecule has 1 fully saturated rings. The van der Waals surface area contributed by atoms with Crippen LogP contribution in [0, 0.1) is 30.6 Å². The van der Waals surface area contributed by atoms with Crippen LogP contribution in [0.4, 0.5) is 0 Å². The molecule has 32 heavy (non-hydrogen) atoms. The summed E-state index contributed by atoms with van der Waals surface area (Å²) in [5, 5.41) is 8.70. The molecule has 1 aliphatic heterocycles. The first-order chi connectivity index (χ1) is 15.4. The van der Waals surface area contributed by atoms with Crippen molar-refractivity contribution in [2.75, 3.05) is 26.8 Å². The van der Waals surface area contributed by atoms with Crippen molar-refractivity contribution >= 4 is 0 Å². The normalized spacial score (nSPS) is 26.6. The van der Waals surface area contributed by atoms with Crippen molar-refractivity contribution in [1.82, 2.24) is 15.1 Å². The minimum atomic E-state index is 0.471. The molecule has 1 aliphatic carbocycles. The fourth-order valence-electron chi connectivity index (χ4n) is 5.63. The number of hydrogen-bond acceptors (Lipinski definition) is 5. The summed E-state index contributed by atoms with van der Waals surface area (Å²) in [4.78, 5) is 2.67. The van der Waals surface area contributed by atoms with Gasteiger partial charge in [0, 0.05) is 31.7 Å². The van der Waals surface area contributed by atoms with Gasteiger partial charge >= 0.3 is 0 Å². The average Bonchev–Trinajstić information content (AvgIpc) is 3.40. The Kier molecular flexibility index (Phi) is 7.47. The largest absolute Gasteiger partial charge is 0.421 e. The lowest BCUT2D eigenvalue weighted by molar-refractivity contribution is 0.0928. The monoisotopic (exact) mass is 437 g/mol. The number of hydrogen-bond donors (Lipinski definition) is 0. The molecule has 1 aromatic carbocycles. The fourth-order valence-corrected chi connectivity index (χ4v) is 5.63. The topological polar surface area (TPSA) is 51.4 Å². The Morgan fingerprint density at radius 1 is 1.16 bits per heavy atom. The second kappa shape index (κ2) is 10.3. The molecule has 1 aromatic heterocycles. The highest BCUT2D eigenvalue weighted by Gasteiger charge is 2.35. The molecule has 2 aliphatic rings. The van der Waals surface area contributed by atoms with Gasteiger partial charge in [-0.2, -0.15) is 0 Å². The van der Waals surface area contributed by atoms with E-state index in [0.717, 1.165) is 31.0 Å². The second-order valence-electron chi connectivity index (χ2n) is 10.2. The number of allylic oxidation sites excluding steroid dienone is 1. The van der Waals surface area contributed by atoms with Gasteiger partial charge < -0.3 is 9.15 Å². The molecule has 4 rings (SSSR count). The van der Waals surface area contributed by atoms with E-state index in [9.17, 15) is 0 Å². The van der Waals surface area contributed by atoms with E-state index in [-0.39, 0.29) is 0 Å². The first kappa shape index (κ1) is 23.2. The summed E-state index contributed by atoms with van der Waals surface area (Å²) in [6.45, 7) is 12.3. The zero-order valence-electron chi connectivity index (χ0n) is 20.4. The SMILES string of the molecule is COCC1CCCN1CC1C=C(C)C(Cc2nnc(-c3ccc(C)cc3)o2)CC1C(C)C. The molecule has 0 N–H and O–H groups in total. The molecular formula is C27H39N3O2. The lowest BCUT2D eigenvalue weighted by Crippen LogP contribution is -2.41. The Balaban J connectivity index is 1.45. The lowest BCUT2D eigenvalue weighted by atomic mass is 9.69. The predicted molar refractivity (Wildman–Crippen MR) is 128 cm³/mol. The minimum Gasteiger partial charge on any atom is -0.421 e. The van der Waals surface area contributed by atoms with Crippen molar-refractivity contribution in [1.29, 1.82) is 0 Å². The average molecular weight is 438 g/mol. The van der Waals surface area contributed by atoms with Gasteiger partial charge in [-0.05, 0) is 75.5 Å². The van der Waals surface area contributed by atoms with Gasteiger partial charge in [-0.25, -0.2) is 0 Å². The Bertz CT molecular complexity index is 902. The molecule has 0 spiro atoms. The molecule has 2 heterocycles. The Morgan fingerprint density at radius 2 is 1.94 bits per heavy atom. The summed E-state index contributed by atoms with van der Waals surface area (Å²) in [6, 6.07) is 8.84. The van der Waals surface area contributed by atoms with Crippen LogP contribution in [0.3, 0.4) is 0 Å². The maximum Gasteiger partial charge on any atom is 0.247 e. The molecule has 1 saturated heterocycles. The molecule has 174 valence electrons. The highest BCUT2D eigenvalue weighted by molar-refractivity contribution is 5.52. The van der Waals surface area contributed by atoms with Crippen LogP contribution < -0.4 is 0 Å². The molecule has 0 saturated carbocycles. The van der Waals surface area contributed by atoms with Gasteiger partial charge in [-0.3, -0.25) is 4.90 Å². The summed E-state index contributed by atoms with van der Waals surface area (Å²) < 4.78 is 11.5. The Morgan fingerprint density at radius 3 is 2.66 bits per heavy atom. The van der Waals surface area contributed by atoms with Crippen LogP contribution in [0.2, 0.25) is 0 Å². The van der Waals surface area contributed by atoms with Gasteiger partial charge in [0.15, 0.2) is 0 Å². The van der Waals surface area contributed by atoms with Gasteiger partial charge in [-0.15, -0.1) is 10.2 Å². The lowest BCUT2D eigenvalue weighted by Gasteiger charge is -2.39. The minimum absolute atomic E-state index is 0.471. The zero-order chi connectivity index (χ0) is 22.7. The standard InChI is InChI=1S/C27H39N3O2/c1-18(2)25-14-22(15-26-28-29-27(32-26)21-10-8-19(3)9-11-21)20(4)13-23(25)16-30-12-6-7-24(30)17-31-5/h8-11,13,18,22-25H,6-7,12,14-17H2,1-5H3. The molecule has 5 heteroatoms. The van der Waals surface area contributed by atoms with Crippen molar-refractivity contribution in [3.05, 3.63) is 47.4 Å². The number of likely N-dealkylation sites (tertiary alicyclic amines) is 1. The number of aryl methyl sites for hydroxylation is 1. The van der Waals surface area contributed by atoms with Gasteiger partial charge in [0.2, 0.25) is 11.8 Å². The highest BCUT2D eigenvalue weighted by Crippen LogP contribution is 2.40. The van der Waals surface area contributed by atoms with Crippen molar-refractivity contribution in [2.24, 2.45) is 23.7 Å². The third-order valence-electron chi connectivity index (χ3n) is 7.57. The van der Waals surface area contributed by atoms with E-state index < -0.39 is 0 Å². The van der Waals surface area contributed by atoms with Gasteiger partial charge in [0.25, 0.3) is 0 Å². The van der Waals surface area contributed by atoms with Crippen LogP contribution >= 0.6 is 0 Å². The van der Waals surface area contributed by atoms with E-state index in [2.05, 4.69) is 61.0 Å². The summed E-state index contributed by atoms with van der Waals surface area (Å²) in [5.74, 6) is 3.77. The van der Waals surface area contributed by atoms with Crippen LogP contribution in [-0.4, -0.2) is 47.9 Å². The first-order valence-electron chi connectivity index (χ1n) is 12.2. The number of rotatable bonds is 8. The predicted octanol–water partition coefficient (Wildman–Crippen LogP) is 5.55. The van der Waals surface area contributed by atoms with Crippen molar-refractivity contribution in [3.8, 4) is 11.5 Å². The molecule has 2 aromatic rings. The smallest absolute Gasteiger partial charge is 0.247 e. The molecule has 4 atom stereocenters. The maximum atomic E-state index is 6.06. The van der Waals surface area contributed by atoms with Crippen molar-refractivity contribution < 1.29 is 9.15 Å². The number of aromatic nitrogens is 2. The van der Waals surface area contributed by atoms with Crippen LogP contribution in [-0.2, 0) is 11.2 Å². The molecule has 0 bridgehead atoms. The van der Waals surface area contributed by atoms with E-state index in [1.165, 1.54) is 36.9 Å². The number of benzene rings is 1. The highest BCUT2D eigenvalue weighted by atomic mass is 16.5. The van der Waals surface area contributed by atoms with Gasteiger partial charge in [0.05, 0.1) is 6.61 Å². The molecule has 0 radical (unpaired) electrons. The first-order valence-corrected chi connectivity index (χ1v) is 12.2. The van der Waals surface area contributed by atoms with Crippen molar-refractivity contribution in [2.45, 2.75) is 59.4 Å². The molecule has 4 unspecified atom stereocenters. The zero-order valence-corrected chi connectivity index (χ0v) is 20.4. The van der Waals surface area contributed by atoms with E-state index in [1.54, 1.807) is 0 Å². The van der Waals surface area contributed by atoms with Crippen molar-refractivity contribution in [3.63, 3.8) is 0 Å². The third kappa shape index (κ3) is 5.32. The molecular weight excluding hydrogens is 398 g/mol. The van der Waals surface area contributed by atoms with Gasteiger partial charge in [0.1, 0.15) is 0 Å². The van der Waals surface area contributed by atoms with E-state index in [0.29, 0.717) is 35.6 Å². The maximum absolute atomic E-state index is 6.06. The summed E-state index contributed by atoms with van der Waals surface area (Å²) in [5.41, 5.74) is 3.69. The Hall–Kier alpha value is -1.98. The van der Waals surface area contributed by atoms with Crippen LogP contribution in [0.5, 0.6) is 0 Å². The van der Waals surface area contributed by atoms with E-state index >= 15 is 0 Å². The molecule has 5 nitrogen and oxygen atoms in total. The van der Waals surface area contributed by atoms with Crippen LogP contribution in [0.25, 0.3) is 11.5 Å². The van der Waals surface area contributed by atoms with E-state index in [1.807, 2.05) is 19.2 Å². The number of nitrogens with zero attached hydrogens (tertiary/aromatic N) is 3. The Labute approximate surface area is 193 Å². The van der Waals surface area contributed by atoms with E-state index in [4.69, 9.17) is 9.15 Å². The summed E-state index contributed by atoms with van der Waals surface area (Å²) in [7, 11) is 1.82. The number of ether oxygens (including phenoxy) is 1. The fraction of sp³-hybridized carbons (Fsp3) is 0.630.